The standard InChI is InChI=1S/C17H21NO3/c1-11-9-12-5-2-3-8-15(12)18(10-11)16(19)13-6-4-7-14(13)17(20)21/h2-3,5,8,11,13-14H,4,6-7,9-10H2,1H3,(H,20,21)/t11?,13-,14+/m1/s1. The lowest BCUT2D eigenvalue weighted by Gasteiger charge is -2.35. The molecule has 1 aromatic carbocycles. The molecule has 1 aliphatic carbocycles. The van der Waals surface area contributed by atoms with Gasteiger partial charge in [0.15, 0.2) is 0 Å². The predicted molar refractivity (Wildman–Crippen MR) is 80.1 cm³/mol. The molecule has 1 fully saturated rings. The SMILES string of the molecule is CC1Cc2ccccc2N(C(=O)[C@@H]2CCC[C@@H]2C(=O)O)C1. The van der Waals surface area contributed by atoms with E-state index in [-0.39, 0.29) is 11.8 Å². The monoisotopic (exact) mass is 287 g/mol. The van der Waals surface area contributed by atoms with Crippen LogP contribution >= 0.6 is 0 Å². The summed E-state index contributed by atoms with van der Waals surface area (Å²) < 4.78 is 0. The van der Waals surface area contributed by atoms with Crippen molar-refractivity contribution in [3.8, 4) is 0 Å². The first-order chi connectivity index (χ1) is 10.1. The number of fused-ring (bicyclic) bond motifs is 1. The van der Waals surface area contributed by atoms with Crippen LogP contribution in [0.5, 0.6) is 0 Å². The number of para-hydroxylation sites is 1. The summed E-state index contributed by atoms with van der Waals surface area (Å²) in [6, 6.07) is 7.98. The molecule has 1 unspecified atom stereocenters. The van der Waals surface area contributed by atoms with E-state index in [0.29, 0.717) is 25.3 Å². The third-order valence-electron chi connectivity index (χ3n) is 4.76. The van der Waals surface area contributed by atoms with Gasteiger partial charge < -0.3 is 10.0 Å². The molecule has 112 valence electrons. The number of carbonyl (C=O) groups excluding carboxylic acids is 1. The second kappa shape index (κ2) is 5.51. The van der Waals surface area contributed by atoms with Crippen molar-refractivity contribution in [1.82, 2.24) is 0 Å². The van der Waals surface area contributed by atoms with Crippen molar-refractivity contribution >= 4 is 17.6 Å². The van der Waals surface area contributed by atoms with Crippen LogP contribution in [0.3, 0.4) is 0 Å². The van der Waals surface area contributed by atoms with Gasteiger partial charge >= 0.3 is 5.97 Å². The van der Waals surface area contributed by atoms with E-state index in [2.05, 4.69) is 13.0 Å². The minimum Gasteiger partial charge on any atom is -0.481 e. The maximum atomic E-state index is 12.9. The normalized spacial score (nSPS) is 28.2. The fourth-order valence-electron chi connectivity index (χ4n) is 3.76. The fraction of sp³-hybridized carbons (Fsp3) is 0.529. The topological polar surface area (TPSA) is 57.6 Å². The van der Waals surface area contributed by atoms with Crippen molar-refractivity contribution in [2.75, 3.05) is 11.4 Å². The Kier molecular flexibility index (Phi) is 3.70. The fourth-order valence-corrected chi connectivity index (χ4v) is 3.76. The summed E-state index contributed by atoms with van der Waals surface area (Å²) in [5, 5.41) is 9.31. The Hall–Kier alpha value is -1.84. The first-order valence-corrected chi connectivity index (χ1v) is 7.70. The zero-order valence-electron chi connectivity index (χ0n) is 12.3. The molecular formula is C17H21NO3. The summed E-state index contributed by atoms with van der Waals surface area (Å²) >= 11 is 0. The highest BCUT2D eigenvalue weighted by atomic mass is 16.4. The van der Waals surface area contributed by atoms with Crippen LogP contribution in [0.2, 0.25) is 0 Å². The molecule has 0 saturated heterocycles. The Balaban J connectivity index is 1.89. The summed E-state index contributed by atoms with van der Waals surface area (Å²) in [6.07, 6.45) is 3.13. The Labute approximate surface area is 124 Å². The molecule has 0 bridgehead atoms. The number of rotatable bonds is 2. The van der Waals surface area contributed by atoms with Crippen LogP contribution in [0.1, 0.15) is 31.7 Å². The van der Waals surface area contributed by atoms with E-state index in [1.807, 2.05) is 23.1 Å². The molecule has 0 spiro atoms. The average Bonchev–Trinajstić information content (AvgIpc) is 2.95. The number of carbonyl (C=O) groups is 2. The summed E-state index contributed by atoms with van der Waals surface area (Å²) in [6.45, 7) is 2.83. The van der Waals surface area contributed by atoms with Gasteiger partial charge in [-0.15, -0.1) is 0 Å². The second-order valence-corrected chi connectivity index (χ2v) is 6.37. The van der Waals surface area contributed by atoms with E-state index in [1.54, 1.807) is 0 Å². The average molecular weight is 287 g/mol. The largest absolute Gasteiger partial charge is 0.481 e. The molecule has 0 aromatic heterocycles. The summed E-state index contributed by atoms with van der Waals surface area (Å²) in [4.78, 5) is 26.1. The minimum atomic E-state index is -0.829. The van der Waals surface area contributed by atoms with E-state index in [1.165, 1.54) is 5.56 Å². The van der Waals surface area contributed by atoms with Gasteiger partial charge in [-0.3, -0.25) is 9.59 Å². The minimum absolute atomic E-state index is 0.00102. The molecule has 4 heteroatoms. The summed E-state index contributed by atoms with van der Waals surface area (Å²) in [7, 11) is 0. The highest BCUT2D eigenvalue weighted by Crippen LogP contribution is 2.37. The number of nitrogens with zero attached hydrogens (tertiary/aromatic N) is 1. The lowest BCUT2D eigenvalue weighted by Crippen LogP contribution is -2.44. The highest BCUT2D eigenvalue weighted by Gasteiger charge is 2.41. The predicted octanol–water partition coefficient (Wildman–Crippen LogP) is 2.71. The van der Waals surface area contributed by atoms with Gasteiger partial charge in [-0.25, -0.2) is 0 Å². The lowest BCUT2D eigenvalue weighted by molar-refractivity contribution is -0.145. The van der Waals surface area contributed by atoms with Crippen LogP contribution in [-0.4, -0.2) is 23.5 Å². The van der Waals surface area contributed by atoms with Crippen LogP contribution in [-0.2, 0) is 16.0 Å². The third kappa shape index (κ3) is 2.55. The van der Waals surface area contributed by atoms with E-state index in [9.17, 15) is 14.7 Å². The Morgan fingerprint density at radius 2 is 1.90 bits per heavy atom. The number of benzene rings is 1. The molecule has 4 nitrogen and oxygen atoms in total. The molecule has 1 amide bonds. The Morgan fingerprint density at radius 1 is 1.19 bits per heavy atom. The molecule has 0 radical (unpaired) electrons. The van der Waals surface area contributed by atoms with Crippen molar-refractivity contribution in [3.05, 3.63) is 29.8 Å². The molecule has 1 aromatic rings. The molecule has 1 N–H and O–H groups in total. The van der Waals surface area contributed by atoms with Crippen LogP contribution in [0.4, 0.5) is 5.69 Å². The van der Waals surface area contributed by atoms with Gasteiger partial charge in [0.2, 0.25) is 5.91 Å². The molecule has 21 heavy (non-hydrogen) atoms. The molecule has 3 atom stereocenters. The lowest BCUT2D eigenvalue weighted by atomic mass is 9.90. The number of hydrogen-bond acceptors (Lipinski definition) is 2. The quantitative estimate of drug-likeness (QED) is 0.910. The number of carboxylic acid groups (broad SMARTS) is 1. The molecule has 1 heterocycles. The number of hydrogen-bond donors (Lipinski definition) is 1. The highest BCUT2D eigenvalue weighted by molar-refractivity contribution is 5.98. The smallest absolute Gasteiger partial charge is 0.307 e. The van der Waals surface area contributed by atoms with Gasteiger partial charge in [0.1, 0.15) is 0 Å². The Morgan fingerprint density at radius 3 is 2.67 bits per heavy atom. The van der Waals surface area contributed by atoms with Gasteiger partial charge in [0.25, 0.3) is 0 Å². The van der Waals surface area contributed by atoms with Crippen LogP contribution < -0.4 is 4.90 Å². The first kappa shape index (κ1) is 14.1. The maximum absolute atomic E-state index is 12.9. The summed E-state index contributed by atoms with van der Waals surface area (Å²) in [5.74, 6) is -1.29. The van der Waals surface area contributed by atoms with Crippen molar-refractivity contribution in [2.45, 2.75) is 32.6 Å². The molecule has 3 rings (SSSR count). The van der Waals surface area contributed by atoms with Crippen LogP contribution in [0.25, 0.3) is 0 Å². The van der Waals surface area contributed by atoms with E-state index >= 15 is 0 Å². The number of carboxylic acids is 1. The van der Waals surface area contributed by atoms with Gasteiger partial charge in [-0.2, -0.15) is 0 Å². The zero-order valence-corrected chi connectivity index (χ0v) is 12.3. The van der Waals surface area contributed by atoms with E-state index in [0.717, 1.165) is 18.5 Å². The molecule has 2 aliphatic rings. The van der Waals surface area contributed by atoms with Gasteiger partial charge in [-0.1, -0.05) is 31.5 Å². The van der Waals surface area contributed by atoms with Crippen LogP contribution in [0, 0.1) is 17.8 Å². The zero-order chi connectivity index (χ0) is 15.0. The number of anilines is 1. The van der Waals surface area contributed by atoms with Gasteiger partial charge in [0.05, 0.1) is 11.8 Å². The van der Waals surface area contributed by atoms with Gasteiger partial charge in [-0.05, 0) is 36.8 Å². The first-order valence-electron chi connectivity index (χ1n) is 7.70. The van der Waals surface area contributed by atoms with Crippen molar-refractivity contribution in [2.24, 2.45) is 17.8 Å². The van der Waals surface area contributed by atoms with Crippen LogP contribution in [0.15, 0.2) is 24.3 Å². The number of aliphatic carboxylic acids is 1. The van der Waals surface area contributed by atoms with Crippen molar-refractivity contribution in [3.63, 3.8) is 0 Å². The molecular weight excluding hydrogens is 266 g/mol. The Bertz CT molecular complexity index is 569. The number of amides is 1. The van der Waals surface area contributed by atoms with E-state index < -0.39 is 11.9 Å². The van der Waals surface area contributed by atoms with Crippen molar-refractivity contribution < 1.29 is 14.7 Å². The summed E-state index contributed by atoms with van der Waals surface area (Å²) in [5.41, 5.74) is 2.16. The second-order valence-electron chi connectivity index (χ2n) is 6.37. The maximum Gasteiger partial charge on any atom is 0.307 e. The van der Waals surface area contributed by atoms with Gasteiger partial charge in [0, 0.05) is 12.2 Å². The third-order valence-corrected chi connectivity index (χ3v) is 4.76. The molecule has 1 saturated carbocycles. The van der Waals surface area contributed by atoms with Crippen molar-refractivity contribution in [1.29, 1.82) is 0 Å². The van der Waals surface area contributed by atoms with E-state index in [4.69, 9.17) is 0 Å². The molecule has 1 aliphatic heterocycles.